The van der Waals surface area contributed by atoms with Gasteiger partial charge in [-0.1, -0.05) is 26.0 Å². The van der Waals surface area contributed by atoms with E-state index in [1.165, 1.54) is 25.7 Å². The molecular formula is C19H30O2. The topological polar surface area (TPSA) is 40.5 Å². The summed E-state index contributed by atoms with van der Waals surface area (Å²) in [5.41, 5.74) is 0.229. The third kappa shape index (κ3) is 1.72. The second-order valence-corrected chi connectivity index (χ2v) is 8.76. The fourth-order valence-corrected chi connectivity index (χ4v) is 6.85. The van der Waals surface area contributed by atoms with Crippen molar-refractivity contribution < 1.29 is 10.2 Å². The molecule has 0 aliphatic heterocycles. The predicted molar refractivity (Wildman–Crippen MR) is 83.6 cm³/mol. The van der Waals surface area contributed by atoms with E-state index in [-0.39, 0.29) is 23.0 Å². The minimum atomic E-state index is -0.264. The lowest BCUT2D eigenvalue weighted by Gasteiger charge is -2.60. The van der Waals surface area contributed by atoms with Gasteiger partial charge in [-0.15, -0.1) is 0 Å². The Balaban J connectivity index is 1.69. The largest absolute Gasteiger partial charge is 0.393 e. The highest BCUT2D eigenvalue weighted by Gasteiger charge is 2.60. The van der Waals surface area contributed by atoms with Gasteiger partial charge in [-0.3, -0.25) is 0 Å². The molecule has 0 radical (unpaired) electrons. The lowest BCUT2D eigenvalue weighted by Crippen LogP contribution is -2.57. The van der Waals surface area contributed by atoms with E-state index in [0.29, 0.717) is 17.8 Å². The standard InChI is InChI=1S/C19H30O2/c1-18-11-10-15-13(14(18)8-9-16(18)20)7-6-12-4-3-5-17(21)19(12,15)2/h3,5,12-17,20-21H,4,6-11H2,1-2H3/t12-,13+,14+,15+,16+,17-,18+,19+/m1/s1. The fourth-order valence-electron chi connectivity index (χ4n) is 6.85. The molecule has 8 atom stereocenters. The summed E-state index contributed by atoms with van der Waals surface area (Å²) in [5, 5.41) is 21.2. The summed E-state index contributed by atoms with van der Waals surface area (Å²) in [6.45, 7) is 4.69. The van der Waals surface area contributed by atoms with Crippen LogP contribution >= 0.6 is 0 Å². The van der Waals surface area contributed by atoms with Gasteiger partial charge in [0.05, 0.1) is 12.2 Å². The Kier molecular flexibility index (Phi) is 3.11. The van der Waals surface area contributed by atoms with Crippen LogP contribution < -0.4 is 0 Å². The minimum absolute atomic E-state index is 0.0759. The molecule has 0 saturated heterocycles. The molecule has 0 aromatic rings. The van der Waals surface area contributed by atoms with Crippen LogP contribution in [0.3, 0.4) is 0 Å². The highest BCUT2D eigenvalue weighted by Crippen LogP contribution is 2.65. The van der Waals surface area contributed by atoms with Gasteiger partial charge in [-0.05, 0) is 74.0 Å². The summed E-state index contributed by atoms with van der Waals surface area (Å²) in [5.74, 6) is 2.72. The predicted octanol–water partition coefficient (Wildman–Crippen LogP) is 3.53. The maximum absolute atomic E-state index is 10.7. The van der Waals surface area contributed by atoms with Crippen LogP contribution in [0.2, 0.25) is 0 Å². The number of hydrogen-bond donors (Lipinski definition) is 2. The second-order valence-electron chi connectivity index (χ2n) is 8.76. The molecule has 0 unspecified atom stereocenters. The zero-order valence-electron chi connectivity index (χ0n) is 13.5. The normalized spacial score (nSPS) is 59.2. The molecular weight excluding hydrogens is 260 g/mol. The first-order valence-corrected chi connectivity index (χ1v) is 9.00. The molecule has 0 aromatic heterocycles. The van der Waals surface area contributed by atoms with Crippen molar-refractivity contribution in [3.8, 4) is 0 Å². The lowest BCUT2D eigenvalue weighted by molar-refractivity contribution is -0.143. The van der Waals surface area contributed by atoms with Crippen LogP contribution in [0.1, 0.15) is 58.8 Å². The maximum atomic E-state index is 10.7. The van der Waals surface area contributed by atoms with Gasteiger partial charge < -0.3 is 10.2 Å². The Morgan fingerprint density at radius 3 is 2.57 bits per heavy atom. The van der Waals surface area contributed by atoms with Crippen molar-refractivity contribution in [1.29, 1.82) is 0 Å². The van der Waals surface area contributed by atoms with Gasteiger partial charge in [0.1, 0.15) is 0 Å². The number of fused-ring (bicyclic) bond motifs is 5. The van der Waals surface area contributed by atoms with Crippen LogP contribution in [0.25, 0.3) is 0 Å². The number of allylic oxidation sites excluding steroid dienone is 1. The Labute approximate surface area is 128 Å². The summed E-state index contributed by atoms with van der Waals surface area (Å²) < 4.78 is 0. The first kappa shape index (κ1) is 14.3. The molecule has 4 aliphatic carbocycles. The van der Waals surface area contributed by atoms with Crippen LogP contribution in [-0.2, 0) is 0 Å². The number of aliphatic hydroxyl groups is 2. The molecule has 0 bridgehead atoms. The molecule has 0 amide bonds. The third-order valence-corrected chi connectivity index (χ3v) is 8.29. The second kappa shape index (κ2) is 4.58. The van der Waals surface area contributed by atoms with Crippen molar-refractivity contribution >= 4 is 0 Å². The molecule has 0 heterocycles. The number of rotatable bonds is 0. The molecule has 21 heavy (non-hydrogen) atoms. The molecule has 4 aliphatic rings. The summed E-state index contributed by atoms with van der Waals surface area (Å²) in [7, 11) is 0. The van der Waals surface area contributed by atoms with Crippen LogP contribution in [-0.4, -0.2) is 22.4 Å². The molecule has 3 saturated carbocycles. The van der Waals surface area contributed by atoms with Crippen LogP contribution in [0.5, 0.6) is 0 Å². The first-order valence-electron chi connectivity index (χ1n) is 9.00. The Morgan fingerprint density at radius 1 is 0.952 bits per heavy atom. The average Bonchev–Trinajstić information content (AvgIpc) is 2.76. The van der Waals surface area contributed by atoms with Crippen molar-refractivity contribution in [1.82, 2.24) is 0 Å². The van der Waals surface area contributed by atoms with Crippen molar-refractivity contribution in [2.24, 2.45) is 34.5 Å². The van der Waals surface area contributed by atoms with E-state index < -0.39 is 0 Å². The van der Waals surface area contributed by atoms with Crippen LogP contribution in [0, 0.1) is 34.5 Å². The minimum Gasteiger partial charge on any atom is -0.393 e. The van der Waals surface area contributed by atoms with Gasteiger partial charge in [-0.25, -0.2) is 0 Å². The Hall–Kier alpha value is -0.340. The van der Waals surface area contributed by atoms with Crippen molar-refractivity contribution in [2.75, 3.05) is 0 Å². The lowest BCUT2D eigenvalue weighted by atomic mass is 9.45. The van der Waals surface area contributed by atoms with E-state index in [9.17, 15) is 10.2 Å². The van der Waals surface area contributed by atoms with Gasteiger partial charge in [0.15, 0.2) is 0 Å². The van der Waals surface area contributed by atoms with Crippen molar-refractivity contribution in [3.05, 3.63) is 12.2 Å². The van der Waals surface area contributed by atoms with E-state index in [1.54, 1.807) is 0 Å². The Bertz CT molecular complexity index is 458. The third-order valence-electron chi connectivity index (χ3n) is 8.29. The summed E-state index contributed by atoms with van der Waals surface area (Å²) >= 11 is 0. The SMILES string of the molecule is C[C@]12CC[C@H]3[C@@H](CC[C@H]4CC=C[C@@H](O)[C@@]43C)[C@@H]1CC[C@@H]2O. The highest BCUT2D eigenvalue weighted by molar-refractivity contribution is 5.15. The van der Waals surface area contributed by atoms with E-state index in [1.807, 2.05) is 0 Å². The number of aliphatic hydroxyl groups excluding tert-OH is 2. The first-order chi connectivity index (χ1) is 9.98. The highest BCUT2D eigenvalue weighted by atomic mass is 16.3. The van der Waals surface area contributed by atoms with E-state index in [2.05, 4.69) is 26.0 Å². The molecule has 2 N–H and O–H groups in total. The molecule has 2 heteroatoms. The van der Waals surface area contributed by atoms with Gasteiger partial charge in [0.25, 0.3) is 0 Å². The zero-order valence-corrected chi connectivity index (χ0v) is 13.5. The maximum Gasteiger partial charge on any atom is 0.0779 e. The molecule has 2 nitrogen and oxygen atoms in total. The summed E-state index contributed by atoms with van der Waals surface area (Å²) in [6, 6.07) is 0. The summed E-state index contributed by atoms with van der Waals surface area (Å²) in [6.07, 6.45) is 12.2. The van der Waals surface area contributed by atoms with E-state index in [0.717, 1.165) is 25.2 Å². The zero-order chi connectivity index (χ0) is 14.8. The average molecular weight is 290 g/mol. The molecule has 0 aromatic carbocycles. The molecule has 4 rings (SSSR count). The fraction of sp³-hybridized carbons (Fsp3) is 0.895. The monoisotopic (exact) mass is 290 g/mol. The quantitative estimate of drug-likeness (QED) is 0.670. The molecule has 0 spiro atoms. The van der Waals surface area contributed by atoms with Gasteiger partial charge in [0, 0.05) is 5.41 Å². The number of hydrogen-bond acceptors (Lipinski definition) is 2. The van der Waals surface area contributed by atoms with Gasteiger partial charge in [0.2, 0.25) is 0 Å². The van der Waals surface area contributed by atoms with Gasteiger partial charge >= 0.3 is 0 Å². The summed E-state index contributed by atoms with van der Waals surface area (Å²) in [4.78, 5) is 0. The van der Waals surface area contributed by atoms with E-state index >= 15 is 0 Å². The Morgan fingerprint density at radius 2 is 1.76 bits per heavy atom. The van der Waals surface area contributed by atoms with E-state index in [4.69, 9.17) is 0 Å². The van der Waals surface area contributed by atoms with Crippen molar-refractivity contribution in [3.63, 3.8) is 0 Å². The van der Waals surface area contributed by atoms with Crippen LogP contribution in [0.4, 0.5) is 0 Å². The van der Waals surface area contributed by atoms with Gasteiger partial charge in [-0.2, -0.15) is 0 Å². The van der Waals surface area contributed by atoms with Crippen LogP contribution in [0.15, 0.2) is 12.2 Å². The molecule has 3 fully saturated rings. The molecule has 118 valence electrons. The van der Waals surface area contributed by atoms with Crippen molar-refractivity contribution in [2.45, 2.75) is 71.0 Å². The smallest absolute Gasteiger partial charge is 0.0779 e.